The van der Waals surface area contributed by atoms with E-state index in [1.54, 1.807) is 11.1 Å². The highest BCUT2D eigenvalue weighted by Crippen LogP contribution is 2.46. The van der Waals surface area contributed by atoms with E-state index in [1.807, 2.05) is 0 Å². The standard InChI is InChI=1S/C11H16N2/c1-8-4-9-5-13-6-10(9)11(8)2-3-12-7-11/h5-6,8,12-13H,2-4,7H2,1H3. The van der Waals surface area contributed by atoms with Crippen molar-refractivity contribution in [3.05, 3.63) is 23.5 Å². The summed E-state index contributed by atoms with van der Waals surface area (Å²) in [5.74, 6) is 0.821. The quantitative estimate of drug-likeness (QED) is 0.615. The van der Waals surface area contributed by atoms with Crippen LogP contribution in [0.15, 0.2) is 12.4 Å². The fourth-order valence-electron chi connectivity index (χ4n) is 3.18. The van der Waals surface area contributed by atoms with Gasteiger partial charge in [0, 0.05) is 24.4 Å². The summed E-state index contributed by atoms with van der Waals surface area (Å²) in [5, 5.41) is 3.50. The lowest BCUT2D eigenvalue weighted by molar-refractivity contribution is 0.343. The Morgan fingerprint density at radius 3 is 3.15 bits per heavy atom. The van der Waals surface area contributed by atoms with Crippen molar-refractivity contribution in [2.24, 2.45) is 5.92 Å². The molecule has 2 nitrogen and oxygen atoms in total. The molecule has 1 spiro atoms. The zero-order valence-electron chi connectivity index (χ0n) is 8.06. The van der Waals surface area contributed by atoms with Crippen LogP contribution >= 0.6 is 0 Å². The van der Waals surface area contributed by atoms with E-state index in [0.29, 0.717) is 5.41 Å². The van der Waals surface area contributed by atoms with E-state index < -0.39 is 0 Å². The first-order valence-electron chi connectivity index (χ1n) is 5.20. The first kappa shape index (κ1) is 7.63. The molecule has 0 bridgehead atoms. The zero-order chi connectivity index (χ0) is 8.89. The molecule has 0 aromatic carbocycles. The van der Waals surface area contributed by atoms with Crippen LogP contribution in [0.1, 0.15) is 24.5 Å². The van der Waals surface area contributed by atoms with Gasteiger partial charge < -0.3 is 10.3 Å². The minimum atomic E-state index is 0.468. The van der Waals surface area contributed by atoms with E-state index in [2.05, 4.69) is 29.6 Å². The number of rotatable bonds is 0. The van der Waals surface area contributed by atoms with E-state index in [4.69, 9.17) is 0 Å². The van der Waals surface area contributed by atoms with Crippen LogP contribution in [0.25, 0.3) is 0 Å². The van der Waals surface area contributed by atoms with Crippen molar-refractivity contribution in [2.45, 2.75) is 25.2 Å². The van der Waals surface area contributed by atoms with E-state index in [-0.39, 0.29) is 0 Å². The lowest BCUT2D eigenvalue weighted by Gasteiger charge is -2.28. The number of hydrogen-bond acceptors (Lipinski definition) is 1. The predicted molar refractivity (Wildman–Crippen MR) is 52.8 cm³/mol. The number of fused-ring (bicyclic) bond motifs is 2. The maximum Gasteiger partial charge on any atom is 0.0136 e. The first-order valence-corrected chi connectivity index (χ1v) is 5.20. The normalized spacial score (nSPS) is 37.2. The topological polar surface area (TPSA) is 27.8 Å². The molecule has 1 aromatic rings. The summed E-state index contributed by atoms with van der Waals surface area (Å²) in [5.41, 5.74) is 3.61. The van der Waals surface area contributed by atoms with Crippen LogP contribution in [0, 0.1) is 5.92 Å². The van der Waals surface area contributed by atoms with E-state index in [9.17, 15) is 0 Å². The SMILES string of the molecule is CC1Cc2c[nH]cc2C12CCNC2. The largest absolute Gasteiger partial charge is 0.367 e. The Balaban J connectivity index is 2.12. The van der Waals surface area contributed by atoms with Crippen molar-refractivity contribution in [1.29, 1.82) is 0 Å². The van der Waals surface area contributed by atoms with Gasteiger partial charge in [0.1, 0.15) is 0 Å². The van der Waals surface area contributed by atoms with Crippen molar-refractivity contribution in [2.75, 3.05) is 13.1 Å². The number of hydrogen-bond donors (Lipinski definition) is 2. The van der Waals surface area contributed by atoms with E-state index >= 15 is 0 Å². The molecular weight excluding hydrogens is 160 g/mol. The van der Waals surface area contributed by atoms with Crippen molar-refractivity contribution in [3.8, 4) is 0 Å². The van der Waals surface area contributed by atoms with Crippen LogP contribution in [0.4, 0.5) is 0 Å². The van der Waals surface area contributed by atoms with Gasteiger partial charge in [-0.25, -0.2) is 0 Å². The van der Waals surface area contributed by atoms with Crippen LogP contribution in [0.5, 0.6) is 0 Å². The molecule has 2 atom stereocenters. The minimum Gasteiger partial charge on any atom is -0.367 e. The highest BCUT2D eigenvalue weighted by Gasteiger charge is 2.46. The van der Waals surface area contributed by atoms with Gasteiger partial charge in [0.05, 0.1) is 0 Å². The van der Waals surface area contributed by atoms with Crippen LogP contribution in [-0.4, -0.2) is 18.1 Å². The molecule has 0 amide bonds. The molecule has 2 heterocycles. The molecule has 3 rings (SSSR count). The molecule has 2 aliphatic rings. The molecule has 1 saturated heterocycles. The van der Waals surface area contributed by atoms with Crippen molar-refractivity contribution in [3.63, 3.8) is 0 Å². The van der Waals surface area contributed by atoms with Crippen LogP contribution in [-0.2, 0) is 11.8 Å². The Bertz CT molecular complexity index is 321. The summed E-state index contributed by atoms with van der Waals surface area (Å²) < 4.78 is 0. The second kappa shape index (κ2) is 2.38. The van der Waals surface area contributed by atoms with E-state index in [0.717, 1.165) is 5.92 Å². The highest BCUT2D eigenvalue weighted by molar-refractivity contribution is 5.40. The molecule has 1 aliphatic heterocycles. The number of aromatic amines is 1. The molecule has 70 valence electrons. The molecule has 1 fully saturated rings. The maximum atomic E-state index is 3.50. The zero-order valence-corrected chi connectivity index (χ0v) is 8.06. The monoisotopic (exact) mass is 176 g/mol. The average molecular weight is 176 g/mol. The summed E-state index contributed by atoms with van der Waals surface area (Å²) in [4.78, 5) is 3.24. The third-order valence-corrected chi connectivity index (χ3v) is 4.03. The average Bonchev–Trinajstić information content (AvgIpc) is 2.72. The van der Waals surface area contributed by atoms with Crippen molar-refractivity contribution < 1.29 is 0 Å². The summed E-state index contributed by atoms with van der Waals surface area (Å²) in [6.45, 7) is 4.76. The predicted octanol–water partition coefficient (Wildman–Crippen LogP) is 1.44. The van der Waals surface area contributed by atoms with Gasteiger partial charge in [0.25, 0.3) is 0 Å². The van der Waals surface area contributed by atoms with Gasteiger partial charge >= 0.3 is 0 Å². The summed E-state index contributed by atoms with van der Waals surface area (Å²) in [6, 6.07) is 0. The number of nitrogens with one attached hydrogen (secondary N) is 2. The van der Waals surface area contributed by atoms with Gasteiger partial charge in [0.15, 0.2) is 0 Å². The maximum absolute atomic E-state index is 3.50. The van der Waals surface area contributed by atoms with Crippen molar-refractivity contribution >= 4 is 0 Å². The van der Waals surface area contributed by atoms with Gasteiger partial charge in [-0.3, -0.25) is 0 Å². The summed E-state index contributed by atoms with van der Waals surface area (Å²) in [7, 11) is 0. The second-order valence-electron chi connectivity index (χ2n) is 4.58. The second-order valence-corrected chi connectivity index (χ2v) is 4.58. The smallest absolute Gasteiger partial charge is 0.0136 e. The Morgan fingerprint density at radius 2 is 2.38 bits per heavy atom. The third kappa shape index (κ3) is 0.819. The molecular formula is C11H16N2. The van der Waals surface area contributed by atoms with Crippen LogP contribution in [0.2, 0.25) is 0 Å². The molecule has 13 heavy (non-hydrogen) atoms. The van der Waals surface area contributed by atoms with Crippen LogP contribution in [0.3, 0.4) is 0 Å². The Hall–Kier alpha value is -0.760. The molecule has 1 aliphatic carbocycles. The molecule has 1 aromatic heterocycles. The first-order chi connectivity index (χ1) is 6.33. The van der Waals surface area contributed by atoms with Crippen molar-refractivity contribution in [1.82, 2.24) is 10.3 Å². The van der Waals surface area contributed by atoms with Gasteiger partial charge in [0.2, 0.25) is 0 Å². The Labute approximate surface area is 78.7 Å². The van der Waals surface area contributed by atoms with Gasteiger partial charge in [-0.05, 0) is 36.4 Å². The van der Waals surface area contributed by atoms with Gasteiger partial charge in [-0.1, -0.05) is 6.92 Å². The third-order valence-electron chi connectivity index (χ3n) is 4.03. The molecule has 2 heteroatoms. The Morgan fingerprint density at radius 1 is 1.46 bits per heavy atom. The summed E-state index contributed by atoms with van der Waals surface area (Å²) >= 11 is 0. The lowest BCUT2D eigenvalue weighted by Crippen LogP contribution is -2.32. The fraction of sp³-hybridized carbons (Fsp3) is 0.636. The molecule has 2 unspecified atom stereocenters. The Kier molecular flexibility index (Phi) is 1.40. The number of aromatic nitrogens is 1. The molecule has 0 saturated carbocycles. The number of H-pyrrole nitrogens is 1. The van der Waals surface area contributed by atoms with Gasteiger partial charge in [-0.15, -0.1) is 0 Å². The molecule has 0 radical (unpaired) electrons. The minimum absolute atomic E-state index is 0.468. The van der Waals surface area contributed by atoms with E-state index in [1.165, 1.54) is 25.9 Å². The molecule has 2 N–H and O–H groups in total. The lowest BCUT2D eigenvalue weighted by atomic mass is 9.75. The highest BCUT2D eigenvalue weighted by atomic mass is 14.9. The fourth-order valence-corrected chi connectivity index (χ4v) is 3.18. The summed E-state index contributed by atoms with van der Waals surface area (Å²) in [6.07, 6.45) is 6.98. The van der Waals surface area contributed by atoms with Gasteiger partial charge in [-0.2, -0.15) is 0 Å². The van der Waals surface area contributed by atoms with Crippen LogP contribution < -0.4 is 5.32 Å².